The molecule has 0 saturated carbocycles. The summed E-state index contributed by atoms with van der Waals surface area (Å²) >= 11 is 0. The molecule has 0 unspecified atom stereocenters. The smallest absolute Gasteiger partial charge is 0.255 e. The molecule has 33 heavy (non-hydrogen) atoms. The molecule has 7 heteroatoms. The minimum atomic E-state index is -0.273. The maximum absolute atomic E-state index is 12.6. The molecule has 0 radical (unpaired) electrons. The van der Waals surface area contributed by atoms with Crippen LogP contribution in [0.15, 0.2) is 72.9 Å². The van der Waals surface area contributed by atoms with Crippen LogP contribution >= 0.6 is 0 Å². The van der Waals surface area contributed by atoms with Crippen LogP contribution in [-0.4, -0.2) is 43.1 Å². The number of ether oxygens (including phenoxy) is 1. The van der Waals surface area contributed by atoms with Gasteiger partial charge in [0, 0.05) is 30.4 Å². The van der Waals surface area contributed by atoms with Gasteiger partial charge in [0.2, 0.25) is 5.91 Å². The van der Waals surface area contributed by atoms with Crippen molar-refractivity contribution in [3.8, 4) is 0 Å². The van der Waals surface area contributed by atoms with Crippen LogP contribution in [0.1, 0.15) is 21.5 Å². The predicted octanol–water partition coefficient (Wildman–Crippen LogP) is 4.13. The van der Waals surface area contributed by atoms with E-state index in [-0.39, 0.29) is 11.8 Å². The molecular formula is C26H26N4O3. The number of rotatable bonds is 6. The first kappa shape index (κ1) is 22.2. The van der Waals surface area contributed by atoms with Gasteiger partial charge < -0.3 is 20.3 Å². The van der Waals surface area contributed by atoms with Gasteiger partial charge in [0.15, 0.2) is 0 Å². The quantitative estimate of drug-likeness (QED) is 0.561. The maximum atomic E-state index is 12.6. The van der Waals surface area contributed by atoms with E-state index in [1.165, 1.54) is 6.08 Å². The molecule has 2 heterocycles. The molecule has 1 aliphatic rings. The number of hydrogen-bond donors (Lipinski definition) is 2. The molecule has 4 rings (SSSR count). The van der Waals surface area contributed by atoms with E-state index in [2.05, 4.69) is 20.5 Å². The Kier molecular flexibility index (Phi) is 7.12. The van der Waals surface area contributed by atoms with E-state index in [1.807, 2.05) is 49.4 Å². The Labute approximate surface area is 193 Å². The number of anilines is 3. The van der Waals surface area contributed by atoms with Crippen LogP contribution in [0.3, 0.4) is 0 Å². The summed E-state index contributed by atoms with van der Waals surface area (Å²) in [5.41, 5.74) is 3.70. The molecule has 2 amide bonds. The van der Waals surface area contributed by atoms with Gasteiger partial charge in [0.25, 0.3) is 5.91 Å². The van der Waals surface area contributed by atoms with E-state index in [0.717, 1.165) is 35.7 Å². The van der Waals surface area contributed by atoms with E-state index in [0.29, 0.717) is 24.5 Å². The van der Waals surface area contributed by atoms with Crippen LogP contribution in [0.25, 0.3) is 6.08 Å². The highest BCUT2D eigenvalue weighted by molar-refractivity contribution is 6.05. The summed E-state index contributed by atoms with van der Waals surface area (Å²) in [6, 6.07) is 18.5. The van der Waals surface area contributed by atoms with Gasteiger partial charge in [0.1, 0.15) is 5.82 Å². The number of aromatic nitrogens is 1. The summed E-state index contributed by atoms with van der Waals surface area (Å²) in [5, 5.41) is 5.70. The first-order chi connectivity index (χ1) is 16.1. The van der Waals surface area contributed by atoms with Crippen molar-refractivity contribution in [3.05, 3.63) is 89.6 Å². The summed E-state index contributed by atoms with van der Waals surface area (Å²) in [5.74, 6) is 0.393. The summed E-state index contributed by atoms with van der Waals surface area (Å²) in [6.45, 7) is 4.98. The van der Waals surface area contributed by atoms with Crippen LogP contribution in [-0.2, 0) is 9.53 Å². The summed E-state index contributed by atoms with van der Waals surface area (Å²) in [7, 11) is 0. The number of pyridine rings is 1. The average molecular weight is 443 g/mol. The average Bonchev–Trinajstić information content (AvgIpc) is 2.84. The van der Waals surface area contributed by atoms with E-state index in [9.17, 15) is 9.59 Å². The highest BCUT2D eigenvalue weighted by atomic mass is 16.5. The molecule has 1 aliphatic heterocycles. The van der Waals surface area contributed by atoms with E-state index in [1.54, 1.807) is 30.5 Å². The lowest BCUT2D eigenvalue weighted by molar-refractivity contribution is -0.111. The minimum absolute atomic E-state index is 0.202. The van der Waals surface area contributed by atoms with Crippen molar-refractivity contribution in [2.45, 2.75) is 6.92 Å². The Bertz CT molecular complexity index is 1150. The fourth-order valence-electron chi connectivity index (χ4n) is 3.51. The lowest BCUT2D eigenvalue weighted by Crippen LogP contribution is -2.36. The van der Waals surface area contributed by atoms with Crippen molar-refractivity contribution in [2.24, 2.45) is 0 Å². The van der Waals surface area contributed by atoms with Crippen LogP contribution in [0.2, 0.25) is 0 Å². The highest BCUT2D eigenvalue weighted by Gasteiger charge is 2.12. The number of carbonyl (C=O) groups is 2. The van der Waals surface area contributed by atoms with Crippen molar-refractivity contribution in [3.63, 3.8) is 0 Å². The van der Waals surface area contributed by atoms with Gasteiger partial charge in [-0.05, 0) is 60.5 Å². The Morgan fingerprint density at radius 1 is 0.970 bits per heavy atom. The Balaban J connectivity index is 1.34. The first-order valence-corrected chi connectivity index (χ1v) is 10.8. The van der Waals surface area contributed by atoms with Crippen LogP contribution in [0.4, 0.5) is 17.2 Å². The second-order valence-corrected chi connectivity index (χ2v) is 7.78. The van der Waals surface area contributed by atoms with Gasteiger partial charge >= 0.3 is 0 Å². The fourth-order valence-corrected chi connectivity index (χ4v) is 3.51. The molecule has 7 nitrogen and oxygen atoms in total. The molecule has 1 fully saturated rings. The second-order valence-electron chi connectivity index (χ2n) is 7.78. The predicted molar refractivity (Wildman–Crippen MR) is 131 cm³/mol. The molecule has 1 aromatic heterocycles. The van der Waals surface area contributed by atoms with Gasteiger partial charge in [-0.2, -0.15) is 0 Å². The van der Waals surface area contributed by atoms with Gasteiger partial charge in [0.05, 0.1) is 25.1 Å². The highest BCUT2D eigenvalue weighted by Crippen LogP contribution is 2.16. The molecule has 2 N–H and O–H groups in total. The number of aryl methyl sites for hydroxylation is 1. The SMILES string of the molecule is Cc1cccc(NC(=O)c2cccc(/C=C/C(=O)Nc3ccc(N4CCOCC4)nc3)c2)c1. The number of carbonyl (C=O) groups excluding carboxylic acids is 2. The Morgan fingerprint density at radius 3 is 2.55 bits per heavy atom. The molecule has 1 saturated heterocycles. The summed E-state index contributed by atoms with van der Waals surface area (Å²) < 4.78 is 5.36. The number of morpholine rings is 1. The zero-order chi connectivity index (χ0) is 23.0. The molecule has 0 spiro atoms. The molecule has 0 atom stereocenters. The van der Waals surface area contributed by atoms with Gasteiger partial charge in [-0.15, -0.1) is 0 Å². The third-order valence-electron chi connectivity index (χ3n) is 5.20. The Hall–Kier alpha value is -3.97. The fraction of sp³-hybridized carbons (Fsp3) is 0.192. The number of nitrogens with zero attached hydrogens (tertiary/aromatic N) is 2. The van der Waals surface area contributed by atoms with Crippen molar-refractivity contribution >= 4 is 35.1 Å². The lowest BCUT2D eigenvalue weighted by atomic mass is 10.1. The first-order valence-electron chi connectivity index (χ1n) is 10.8. The summed E-state index contributed by atoms with van der Waals surface area (Å²) in [6.07, 6.45) is 4.76. The largest absolute Gasteiger partial charge is 0.378 e. The monoisotopic (exact) mass is 442 g/mol. The zero-order valence-electron chi connectivity index (χ0n) is 18.5. The summed E-state index contributed by atoms with van der Waals surface area (Å²) in [4.78, 5) is 31.5. The third kappa shape index (κ3) is 6.27. The van der Waals surface area contributed by atoms with Crippen molar-refractivity contribution in [1.29, 1.82) is 0 Å². The lowest BCUT2D eigenvalue weighted by Gasteiger charge is -2.27. The number of hydrogen-bond acceptors (Lipinski definition) is 5. The van der Waals surface area contributed by atoms with Gasteiger partial charge in [-0.3, -0.25) is 9.59 Å². The molecule has 3 aromatic rings. The molecule has 168 valence electrons. The Morgan fingerprint density at radius 2 is 1.79 bits per heavy atom. The van der Waals surface area contributed by atoms with Crippen LogP contribution in [0, 0.1) is 6.92 Å². The van der Waals surface area contributed by atoms with Crippen LogP contribution in [0.5, 0.6) is 0 Å². The number of nitrogens with one attached hydrogen (secondary N) is 2. The molecule has 0 aliphatic carbocycles. The molecule has 0 bridgehead atoms. The van der Waals surface area contributed by atoms with Crippen molar-refractivity contribution in [2.75, 3.05) is 41.8 Å². The van der Waals surface area contributed by atoms with Gasteiger partial charge in [-0.1, -0.05) is 24.3 Å². The second kappa shape index (κ2) is 10.6. The van der Waals surface area contributed by atoms with Gasteiger partial charge in [-0.25, -0.2) is 4.98 Å². The van der Waals surface area contributed by atoms with Crippen molar-refractivity contribution < 1.29 is 14.3 Å². The molecule has 2 aromatic carbocycles. The van der Waals surface area contributed by atoms with Crippen LogP contribution < -0.4 is 15.5 Å². The standard InChI is InChI=1S/C26H26N4O3/c1-19-4-2-7-22(16-19)29-26(32)21-6-3-5-20(17-21)8-11-25(31)28-23-9-10-24(27-18-23)30-12-14-33-15-13-30/h2-11,16-18H,12-15H2,1H3,(H,28,31)(H,29,32)/b11-8+. The van der Waals surface area contributed by atoms with Crippen molar-refractivity contribution in [1.82, 2.24) is 4.98 Å². The number of benzene rings is 2. The zero-order valence-corrected chi connectivity index (χ0v) is 18.5. The maximum Gasteiger partial charge on any atom is 0.255 e. The normalized spacial score (nSPS) is 13.7. The van der Waals surface area contributed by atoms with E-state index < -0.39 is 0 Å². The topological polar surface area (TPSA) is 83.6 Å². The van der Waals surface area contributed by atoms with E-state index in [4.69, 9.17) is 4.74 Å². The third-order valence-corrected chi connectivity index (χ3v) is 5.20. The minimum Gasteiger partial charge on any atom is -0.378 e. The molecular weight excluding hydrogens is 416 g/mol. The number of amides is 2. The van der Waals surface area contributed by atoms with E-state index >= 15 is 0 Å².